The molecule has 0 spiro atoms. The Hall–Kier alpha value is -0.620. The van der Waals surface area contributed by atoms with E-state index in [1.54, 1.807) is 12.1 Å². The van der Waals surface area contributed by atoms with Gasteiger partial charge in [0.05, 0.1) is 18.1 Å². The SMILES string of the molecule is O=S(=O)(Cl)c1ccccc1CN1CCOCC1. The molecule has 0 N–H and O–H groups in total. The van der Waals surface area contributed by atoms with Crippen LogP contribution in [0.25, 0.3) is 0 Å². The summed E-state index contributed by atoms with van der Waals surface area (Å²) >= 11 is 0. The lowest BCUT2D eigenvalue weighted by Gasteiger charge is -2.27. The summed E-state index contributed by atoms with van der Waals surface area (Å²) in [4.78, 5) is 2.36. The second kappa shape index (κ2) is 5.35. The summed E-state index contributed by atoms with van der Waals surface area (Å²) in [6.07, 6.45) is 0. The van der Waals surface area contributed by atoms with E-state index in [1.807, 2.05) is 6.07 Å². The summed E-state index contributed by atoms with van der Waals surface area (Å²) in [6, 6.07) is 6.84. The van der Waals surface area contributed by atoms with Crippen LogP contribution >= 0.6 is 10.7 Å². The van der Waals surface area contributed by atoms with E-state index in [4.69, 9.17) is 15.4 Å². The van der Waals surface area contributed by atoms with Crippen LogP contribution in [0.2, 0.25) is 0 Å². The van der Waals surface area contributed by atoms with E-state index < -0.39 is 9.05 Å². The molecule has 0 amide bonds. The molecule has 2 rings (SSSR count). The molecule has 0 atom stereocenters. The van der Waals surface area contributed by atoms with Crippen molar-refractivity contribution >= 4 is 19.7 Å². The van der Waals surface area contributed by atoms with E-state index in [9.17, 15) is 8.42 Å². The Balaban J connectivity index is 2.20. The van der Waals surface area contributed by atoms with Gasteiger partial charge in [-0.2, -0.15) is 0 Å². The summed E-state index contributed by atoms with van der Waals surface area (Å²) < 4.78 is 28.1. The van der Waals surface area contributed by atoms with E-state index in [0.29, 0.717) is 19.8 Å². The van der Waals surface area contributed by atoms with E-state index in [2.05, 4.69) is 4.90 Å². The standard InChI is InChI=1S/C11H14ClNO3S/c12-17(14,15)11-4-2-1-3-10(11)9-13-5-7-16-8-6-13/h1-4H,5-9H2. The van der Waals surface area contributed by atoms with Gasteiger partial charge < -0.3 is 4.74 Å². The highest BCUT2D eigenvalue weighted by atomic mass is 35.7. The Morgan fingerprint density at radius 1 is 1.24 bits per heavy atom. The third-order valence-electron chi connectivity index (χ3n) is 2.73. The maximum Gasteiger partial charge on any atom is 0.261 e. The molecule has 1 aliphatic rings. The van der Waals surface area contributed by atoms with Gasteiger partial charge in [0, 0.05) is 30.3 Å². The number of hydrogen-bond donors (Lipinski definition) is 0. The molecule has 1 aromatic rings. The molecule has 1 aliphatic heterocycles. The van der Waals surface area contributed by atoms with Gasteiger partial charge in [-0.15, -0.1) is 0 Å². The molecular formula is C11H14ClNO3S. The first kappa shape index (κ1) is 12.8. The first-order chi connectivity index (χ1) is 8.07. The molecule has 0 aliphatic carbocycles. The molecule has 17 heavy (non-hydrogen) atoms. The third-order valence-corrected chi connectivity index (χ3v) is 4.16. The van der Waals surface area contributed by atoms with Gasteiger partial charge in [0.1, 0.15) is 0 Å². The summed E-state index contributed by atoms with van der Waals surface area (Å²) in [5.41, 5.74) is 0.740. The molecule has 94 valence electrons. The Morgan fingerprint density at radius 3 is 2.53 bits per heavy atom. The van der Waals surface area contributed by atoms with E-state index in [-0.39, 0.29) is 4.90 Å². The van der Waals surface area contributed by atoms with Crippen molar-refractivity contribution in [3.8, 4) is 0 Å². The lowest BCUT2D eigenvalue weighted by atomic mass is 10.2. The van der Waals surface area contributed by atoms with Crippen LogP contribution in [0.3, 0.4) is 0 Å². The number of nitrogens with zero attached hydrogens (tertiary/aromatic N) is 1. The van der Waals surface area contributed by atoms with Gasteiger partial charge in [0.25, 0.3) is 9.05 Å². The van der Waals surface area contributed by atoms with Crippen LogP contribution in [0.4, 0.5) is 0 Å². The van der Waals surface area contributed by atoms with Gasteiger partial charge in [-0.25, -0.2) is 8.42 Å². The fourth-order valence-corrected chi connectivity index (χ4v) is 3.01. The van der Waals surface area contributed by atoms with Gasteiger partial charge >= 0.3 is 0 Å². The van der Waals surface area contributed by atoms with Crippen molar-refractivity contribution < 1.29 is 13.2 Å². The lowest BCUT2D eigenvalue weighted by Crippen LogP contribution is -2.35. The van der Waals surface area contributed by atoms with Crippen molar-refractivity contribution in [2.75, 3.05) is 26.3 Å². The maximum absolute atomic E-state index is 11.4. The first-order valence-corrected chi connectivity index (χ1v) is 7.71. The largest absolute Gasteiger partial charge is 0.379 e. The lowest BCUT2D eigenvalue weighted by molar-refractivity contribution is 0.0338. The minimum Gasteiger partial charge on any atom is -0.379 e. The highest BCUT2D eigenvalue weighted by Crippen LogP contribution is 2.21. The summed E-state index contributed by atoms with van der Waals surface area (Å²) in [5.74, 6) is 0. The molecule has 1 aromatic carbocycles. The fraction of sp³-hybridized carbons (Fsp3) is 0.455. The second-order valence-corrected chi connectivity index (χ2v) is 6.47. The van der Waals surface area contributed by atoms with Crippen molar-refractivity contribution in [1.82, 2.24) is 4.90 Å². The smallest absolute Gasteiger partial charge is 0.261 e. The van der Waals surface area contributed by atoms with Crippen LogP contribution in [0, 0.1) is 0 Å². The molecule has 6 heteroatoms. The number of rotatable bonds is 3. The van der Waals surface area contributed by atoms with Gasteiger partial charge in [-0.3, -0.25) is 4.90 Å². The number of benzene rings is 1. The summed E-state index contributed by atoms with van der Waals surface area (Å²) in [7, 11) is 1.74. The van der Waals surface area contributed by atoms with E-state index in [0.717, 1.165) is 18.7 Å². The topological polar surface area (TPSA) is 46.6 Å². The average Bonchev–Trinajstić information content (AvgIpc) is 2.30. The molecule has 0 bridgehead atoms. The van der Waals surface area contributed by atoms with Gasteiger partial charge in [-0.05, 0) is 11.6 Å². The Labute approximate surface area is 106 Å². The molecule has 0 radical (unpaired) electrons. The van der Waals surface area contributed by atoms with Crippen molar-refractivity contribution in [2.24, 2.45) is 0 Å². The highest BCUT2D eigenvalue weighted by molar-refractivity contribution is 8.13. The van der Waals surface area contributed by atoms with Gasteiger partial charge in [0.2, 0.25) is 0 Å². The molecular weight excluding hydrogens is 262 g/mol. The van der Waals surface area contributed by atoms with Crippen molar-refractivity contribution in [3.05, 3.63) is 29.8 Å². The van der Waals surface area contributed by atoms with Crippen LogP contribution < -0.4 is 0 Å². The van der Waals surface area contributed by atoms with Crippen LogP contribution in [0.5, 0.6) is 0 Å². The van der Waals surface area contributed by atoms with Crippen LogP contribution in [0.1, 0.15) is 5.56 Å². The molecule has 4 nitrogen and oxygen atoms in total. The zero-order valence-corrected chi connectivity index (χ0v) is 10.9. The minimum atomic E-state index is -3.67. The first-order valence-electron chi connectivity index (χ1n) is 5.40. The Kier molecular flexibility index (Phi) is 4.04. The van der Waals surface area contributed by atoms with Crippen molar-refractivity contribution in [3.63, 3.8) is 0 Å². The highest BCUT2D eigenvalue weighted by Gasteiger charge is 2.18. The molecule has 1 fully saturated rings. The zero-order valence-electron chi connectivity index (χ0n) is 9.30. The summed E-state index contributed by atoms with van der Waals surface area (Å²) in [5, 5.41) is 0. The van der Waals surface area contributed by atoms with Crippen LogP contribution in [-0.4, -0.2) is 39.6 Å². The van der Waals surface area contributed by atoms with E-state index >= 15 is 0 Å². The minimum absolute atomic E-state index is 0.202. The molecule has 1 saturated heterocycles. The van der Waals surface area contributed by atoms with Crippen LogP contribution in [0.15, 0.2) is 29.2 Å². The quantitative estimate of drug-likeness (QED) is 0.784. The average molecular weight is 276 g/mol. The summed E-state index contributed by atoms with van der Waals surface area (Å²) in [6.45, 7) is 3.60. The number of halogens is 1. The predicted octanol–water partition coefficient (Wildman–Crippen LogP) is 1.45. The monoisotopic (exact) mass is 275 g/mol. The predicted molar refractivity (Wildman–Crippen MR) is 65.6 cm³/mol. The van der Waals surface area contributed by atoms with Crippen LogP contribution in [-0.2, 0) is 20.3 Å². The van der Waals surface area contributed by atoms with Gasteiger partial charge in [0.15, 0.2) is 0 Å². The molecule has 0 unspecified atom stereocenters. The Morgan fingerprint density at radius 2 is 1.88 bits per heavy atom. The Bertz CT molecular complexity index is 483. The van der Waals surface area contributed by atoms with Gasteiger partial charge in [-0.1, -0.05) is 18.2 Å². The number of morpholine rings is 1. The fourth-order valence-electron chi connectivity index (χ4n) is 1.87. The maximum atomic E-state index is 11.4. The van der Waals surface area contributed by atoms with Crippen molar-refractivity contribution in [1.29, 1.82) is 0 Å². The molecule has 0 saturated carbocycles. The zero-order chi connectivity index (χ0) is 12.3. The third kappa shape index (κ3) is 3.42. The number of hydrogen-bond acceptors (Lipinski definition) is 4. The normalized spacial score (nSPS) is 18.2. The molecule has 0 aromatic heterocycles. The number of ether oxygens (including phenoxy) is 1. The van der Waals surface area contributed by atoms with Crippen molar-refractivity contribution in [2.45, 2.75) is 11.4 Å². The molecule has 1 heterocycles. The second-order valence-electron chi connectivity index (χ2n) is 3.93. The van der Waals surface area contributed by atoms with E-state index in [1.165, 1.54) is 6.07 Å².